The van der Waals surface area contributed by atoms with Gasteiger partial charge in [0.05, 0.1) is 38.5 Å². The van der Waals surface area contributed by atoms with Crippen molar-refractivity contribution in [3.63, 3.8) is 0 Å². The summed E-state index contributed by atoms with van der Waals surface area (Å²) in [6, 6.07) is 3.79. The molecule has 1 aliphatic rings. The average molecular weight is 836 g/mol. The first-order valence-electron chi connectivity index (χ1n) is 15.4. The van der Waals surface area contributed by atoms with E-state index in [1.54, 1.807) is 11.3 Å². The molecule has 1 aliphatic carbocycles. The van der Waals surface area contributed by atoms with E-state index in [0.717, 1.165) is 88.2 Å². The van der Waals surface area contributed by atoms with E-state index >= 15 is 0 Å². The van der Waals surface area contributed by atoms with E-state index in [0.29, 0.717) is 44.1 Å². The van der Waals surface area contributed by atoms with Crippen molar-refractivity contribution >= 4 is 112 Å². The molecule has 0 radical (unpaired) electrons. The van der Waals surface area contributed by atoms with E-state index in [2.05, 4.69) is 59.6 Å². The standard InChI is InChI=1S/C34H36Br2Cl2O2S4/c1-5-9-11-17(7-3)13-21-25-26(22(41-21)14-18(8-4)12-10-6-2)30(40)28-27(29(25)39)31(23-15-19(37)33(35)42-23)44-32(28)24-16-20(38)34(36)43-24/h15-18H,5-14H2,1-4H3. The number of carbonyl (C=O) groups is 2. The highest BCUT2D eigenvalue weighted by Gasteiger charge is 2.42. The van der Waals surface area contributed by atoms with Crippen molar-refractivity contribution < 1.29 is 9.59 Å². The first-order chi connectivity index (χ1) is 21.1. The smallest absolute Gasteiger partial charge is 0.197 e. The Labute approximate surface area is 303 Å². The largest absolute Gasteiger partial charge is 0.288 e. The molecule has 4 aromatic rings. The number of unbranched alkanes of at least 4 members (excludes halogenated alkanes) is 2. The summed E-state index contributed by atoms with van der Waals surface area (Å²) in [5.41, 5.74) is 2.39. The Morgan fingerprint density at radius 2 is 1.05 bits per heavy atom. The van der Waals surface area contributed by atoms with Crippen LogP contribution in [0.2, 0.25) is 10.0 Å². The number of fused-ring (bicyclic) bond motifs is 2. The van der Waals surface area contributed by atoms with Gasteiger partial charge in [-0.25, -0.2) is 0 Å². The maximum atomic E-state index is 14.9. The maximum absolute atomic E-state index is 14.9. The van der Waals surface area contributed by atoms with E-state index in [9.17, 15) is 9.59 Å². The van der Waals surface area contributed by atoms with Crippen LogP contribution in [0, 0.1) is 11.8 Å². The first kappa shape index (κ1) is 35.0. The van der Waals surface area contributed by atoms with Crippen molar-refractivity contribution in [2.45, 2.75) is 91.9 Å². The highest BCUT2D eigenvalue weighted by Crippen LogP contribution is 2.53. The summed E-state index contributed by atoms with van der Waals surface area (Å²) in [6.45, 7) is 8.95. The minimum absolute atomic E-state index is 0.0149. The number of hydrogen-bond acceptors (Lipinski definition) is 6. The highest BCUT2D eigenvalue weighted by atomic mass is 79.9. The first-order valence-corrected chi connectivity index (χ1v) is 21.0. The number of halogens is 4. The van der Waals surface area contributed by atoms with Crippen LogP contribution < -0.4 is 0 Å². The molecule has 4 aromatic heterocycles. The molecule has 0 spiro atoms. The number of thiophene rings is 4. The molecule has 0 saturated carbocycles. The lowest BCUT2D eigenvalue weighted by molar-refractivity contribution is 0.0980. The molecule has 0 aromatic carbocycles. The normalized spacial score (nSPS) is 14.3. The summed E-state index contributed by atoms with van der Waals surface area (Å²) in [5.74, 6) is 0.956. The van der Waals surface area contributed by atoms with Gasteiger partial charge in [-0.1, -0.05) is 102 Å². The van der Waals surface area contributed by atoms with Gasteiger partial charge in [0, 0.05) is 30.6 Å². The van der Waals surface area contributed by atoms with Gasteiger partial charge < -0.3 is 0 Å². The lowest BCUT2D eigenvalue weighted by atomic mass is 9.81. The van der Waals surface area contributed by atoms with Crippen LogP contribution in [0.15, 0.2) is 19.7 Å². The van der Waals surface area contributed by atoms with Crippen molar-refractivity contribution in [3.05, 3.63) is 61.8 Å². The van der Waals surface area contributed by atoms with Crippen LogP contribution in [0.25, 0.3) is 19.5 Å². The summed E-state index contributed by atoms with van der Waals surface area (Å²) in [7, 11) is 0. The summed E-state index contributed by atoms with van der Waals surface area (Å²) >= 11 is 26.3. The van der Waals surface area contributed by atoms with Gasteiger partial charge in [-0.2, -0.15) is 0 Å². The summed E-state index contributed by atoms with van der Waals surface area (Å²) in [6.07, 6.45) is 10.8. The zero-order valence-electron chi connectivity index (χ0n) is 25.3. The van der Waals surface area contributed by atoms with Gasteiger partial charge in [-0.05, 0) is 68.7 Å². The molecular formula is C34H36Br2Cl2O2S4. The molecule has 10 heteroatoms. The molecule has 0 saturated heterocycles. The Hall–Kier alpha value is -0.320. The van der Waals surface area contributed by atoms with E-state index in [-0.39, 0.29) is 11.6 Å². The Kier molecular flexibility index (Phi) is 12.1. The number of rotatable bonds is 14. The number of ketones is 2. The predicted octanol–water partition coefficient (Wildman–Crippen LogP) is 14.4. The molecule has 4 heterocycles. The van der Waals surface area contributed by atoms with Crippen molar-refractivity contribution in [1.29, 1.82) is 0 Å². The van der Waals surface area contributed by atoms with E-state index < -0.39 is 0 Å². The fourth-order valence-corrected chi connectivity index (χ4v) is 12.5. The second kappa shape index (κ2) is 15.3. The minimum atomic E-state index is -0.0149. The third-order valence-corrected chi connectivity index (χ3v) is 16.4. The van der Waals surface area contributed by atoms with Gasteiger partial charge in [0.15, 0.2) is 11.6 Å². The molecule has 2 unspecified atom stereocenters. The molecule has 0 N–H and O–H groups in total. The van der Waals surface area contributed by atoms with Gasteiger partial charge in [-0.15, -0.1) is 45.3 Å². The van der Waals surface area contributed by atoms with Crippen LogP contribution in [-0.4, -0.2) is 11.6 Å². The lowest BCUT2D eigenvalue weighted by Gasteiger charge is -2.19. The summed E-state index contributed by atoms with van der Waals surface area (Å²) in [5, 5.41) is 1.20. The molecule has 0 amide bonds. The minimum Gasteiger partial charge on any atom is -0.288 e. The molecule has 0 fully saturated rings. The molecule has 0 aliphatic heterocycles. The molecule has 2 nitrogen and oxygen atoms in total. The van der Waals surface area contributed by atoms with Gasteiger partial charge in [0.1, 0.15) is 0 Å². The van der Waals surface area contributed by atoms with Crippen LogP contribution in [-0.2, 0) is 12.8 Å². The molecule has 44 heavy (non-hydrogen) atoms. The Morgan fingerprint density at radius 3 is 1.36 bits per heavy atom. The Balaban J connectivity index is 1.72. The molecule has 2 atom stereocenters. The van der Waals surface area contributed by atoms with E-state index in [4.69, 9.17) is 23.2 Å². The van der Waals surface area contributed by atoms with Gasteiger partial charge in [-0.3, -0.25) is 9.59 Å². The van der Waals surface area contributed by atoms with E-state index in [1.165, 1.54) is 46.9 Å². The Bertz CT molecular complexity index is 1520. The fraction of sp³-hybridized carbons (Fsp3) is 0.471. The summed E-state index contributed by atoms with van der Waals surface area (Å²) < 4.78 is 1.63. The zero-order chi connectivity index (χ0) is 31.7. The Morgan fingerprint density at radius 1 is 0.636 bits per heavy atom. The monoisotopic (exact) mass is 832 g/mol. The third-order valence-electron chi connectivity index (χ3n) is 8.64. The van der Waals surface area contributed by atoms with E-state index in [1.807, 2.05) is 12.1 Å². The number of hydrogen-bond donors (Lipinski definition) is 0. The number of carbonyl (C=O) groups excluding carboxylic acids is 2. The second-order valence-corrected chi connectivity index (χ2v) is 19.3. The van der Waals surface area contributed by atoms with Crippen LogP contribution in [0.4, 0.5) is 0 Å². The van der Waals surface area contributed by atoms with Gasteiger partial charge in [0.2, 0.25) is 0 Å². The van der Waals surface area contributed by atoms with Gasteiger partial charge in [0.25, 0.3) is 0 Å². The van der Waals surface area contributed by atoms with Crippen molar-refractivity contribution in [3.8, 4) is 19.5 Å². The van der Waals surface area contributed by atoms with Gasteiger partial charge >= 0.3 is 0 Å². The van der Waals surface area contributed by atoms with Crippen LogP contribution in [0.1, 0.15) is 121 Å². The topological polar surface area (TPSA) is 34.1 Å². The fourth-order valence-electron chi connectivity index (χ4n) is 6.09. The van der Waals surface area contributed by atoms with Crippen molar-refractivity contribution in [1.82, 2.24) is 0 Å². The van der Waals surface area contributed by atoms with Crippen LogP contribution >= 0.6 is 100 Å². The van der Waals surface area contributed by atoms with Crippen LogP contribution in [0.3, 0.4) is 0 Å². The molecule has 5 rings (SSSR count). The van der Waals surface area contributed by atoms with Crippen LogP contribution in [0.5, 0.6) is 0 Å². The predicted molar refractivity (Wildman–Crippen MR) is 202 cm³/mol. The SMILES string of the molecule is CCCCC(CC)Cc1sc(CC(CC)CCCC)c2c1C(=O)c1c(-c3cc(Cl)c(Br)s3)sc(-c3cc(Cl)c(Br)s3)c1C2=O. The lowest BCUT2D eigenvalue weighted by Crippen LogP contribution is -2.22. The molecular weight excluding hydrogens is 799 g/mol. The third kappa shape index (κ3) is 6.94. The average Bonchev–Trinajstić information content (AvgIpc) is 3.75. The van der Waals surface area contributed by atoms with Crippen molar-refractivity contribution in [2.75, 3.05) is 0 Å². The zero-order valence-corrected chi connectivity index (χ0v) is 33.3. The van der Waals surface area contributed by atoms with Crippen molar-refractivity contribution in [2.24, 2.45) is 11.8 Å². The highest BCUT2D eigenvalue weighted by molar-refractivity contribution is 9.11. The summed E-state index contributed by atoms with van der Waals surface area (Å²) in [4.78, 5) is 35.4. The second-order valence-electron chi connectivity index (χ2n) is 11.6. The maximum Gasteiger partial charge on any atom is 0.197 e. The molecule has 236 valence electrons. The molecule has 0 bridgehead atoms. The quantitative estimate of drug-likeness (QED) is 0.112.